The Morgan fingerprint density at radius 3 is 2.82 bits per heavy atom. The lowest BCUT2D eigenvalue weighted by molar-refractivity contribution is -0.116. The smallest absolute Gasteiger partial charge is 0.226 e. The molecule has 4 nitrogen and oxygen atoms in total. The van der Waals surface area contributed by atoms with Crippen LogP contribution in [0.4, 0.5) is 5.13 Å². The Hall–Kier alpha value is -1.72. The number of thiazole rings is 1. The molecule has 1 aliphatic heterocycles. The van der Waals surface area contributed by atoms with Gasteiger partial charge in [0.25, 0.3) is 0 Å². The van der Waals surface area contributed by atoms with Crippen LogP contribution in [0, 0.1) is 0 Å². The summed E-state index contributed by atoms with van der Waals surface area (Å²) in [5, 5.41) is 9.10. The first-order valence-electron chi connectivity index (χ1n) is 7.81. The van der Waals surface area contributed by atoms with Crippen LogP contribution in [-0.2, 0) is 11.2 Å². The van der Waals surface area contributed by atoms with Crippen molar-refractivity contribution in [3.05, 3.63) is 47.0 Å². The number of carbonyl (C=O) groups excluding carboxylic acids is 1. The van der Waals surface area contributed by atoms with Crippen molar-refractivity contribution < 1.29 is 4.79 Å². The second kappa shape index (κ2) is 7.51. The molecule has 0 bridgehead atoms. The van der Waals surface area contributed by atoms with Gasteiger partial charge in [-0.2, -0.15) is 0 Å². The maximum Gasteiger partial charge on any atom is 0.226 e. The average molecular weight is 315 g/mol. The first-order chi connectivity index (χ1) is 10.8. The molecular formula is C17H21N3OS. The van der Waals surface area contributed by atoms with Gasteiger partial charge in [0.05, 0.1) is 5.69 Å². The third kappa shape index (κ3) is 4.15. The summed E-state index contributed by atoms with van der Waals surface area (Å²) in [6.07, 6.45) is 3.52. The highest BCUT2D eigenvalue weighted by Crippen LogP contribution is 2.28. The van der Waals surface area contributed by atoms with E-state index in [2.05, 4.69) is 21.0 Å². The molecule has 1 saturated heterocycles. The normalized spacial score (nSPS) is 15.6. The predicted molar refractivity (Wildman–Crippen MR) is 90.4 cm³/mol. The number of hydrogen-bond donors (Lipinski definition) is 2. The number of carbonyl (C=O) groups is 1. The minimum absolute atomic E-state index is 0.0371. The van der Waals surface area contributed by atoms with E-state index in [4.69, 9.17) is 0 Å². The topological polar surface area (TPSA) is 54.0 Å². The van der Waals surface area contributed by atoms with Crippen molar-refractivity contribution in [2.24, 2.45) is 0 Å². The molecule has 0 spiro atoms. The second-order valence-electron chi connectivity index (χ2n) is 5.64. The molecule has 0 radical (unpaired) electrons. The van der Waals surface area contributed by atoms with Crippen LogP contribution in [-0.4, -0.2) is 24.0 Å². The van der Waals surface area contributed by atoms with E-state index in [1.54, 1.807) is 0 Å². The summed E-state index contributed by atoms with van der Waals surface area (Å²) in [5.74, 6) is 0.572. The highest BCUT2D eigenvalue weighted by Gasteiger charge is 2.18. The number of nitrogens with zero attached hydrogens (tertiary/aromatic N) is 1. The van der Waals surface area contributed by atoms with E-state index in [1.165, 1.54) is 16.9 Å². The summed E-state index contributed by atoms with van der Waals surface area (Å²) in [4.78, 5) is 16.6. The van der Waals surface area contributed by atoms with Gasteiger partial charge in [-0.05, 0) is 37.9 Å². The van der Waals surface area contributed by atoms with Gasteiger partial charge in [0.2, 0.25) is 5.91 Å². The largest absolute Gasteiger partial charge is 0.317 e. The Bertz CT molecular complexity index is 605. The molecule has 22 heavy (non-hydrogen) atoms. The van der Waals surface area contributed by atoms with Crippen molar-refractivity contribution in [1.82, 2.24) is 10.3 Å². The lowest BCUT2D eigenvalue weighted by Crippen LogP contribution is -2.26. The molecule has 5 heteroatoms. The molecule has 1 aromatic heterocycles. The minimum Gasteiger partial charge on any atom is -0.317 e. The molecule has 2 heterocycles. The van der Waals surface area contributed by atoms with Crippen LogP contribution in [0.15, 0.2) is 35.7 Å². The summed E-state index contributed by atoms with van der Waals surface area (Å²) in [6, 6.07) is 10.1. The number of piperidine rings is 1. The second-order valence-corrected chi connectivity index (χ2v) is 6.49. The van der Waals surface area contributed by atoms with Gasteiger partial charge in [0.1, 0.15) is 0 Å². The van der Waals surface area contributed by atoms with Crippen molar-refractivity contribution >= 4 is 22.4 Å². The van der Waals surface area contributed by atoms with Crippen LogP contribution >= 0.6 is 11.3 Å². The molecule has 1 aliphatic rings. The Morgan fingerprint density at radius 2 is 2.05 bits per heavy atom. The molecule has 0 aliphatic carbocycles. The summed E-state index contributed by atoms with van der Waals surface area (Å²) in [6.45, 7) is 2.11. The monoisotopic (exact) mass is 315 g/mol. The van der Waals surface area contributed by atoms with Gasteiger partial charge in [0, 0.05) is 17.7 Å². The highest BCUT2D eigenvalue weighted by molar-refractivity contribution is 7.13. The maximum atomic E-state index is 12.0. The van der Waals surface area contributed by atoms with Crippen molar-refractivity contribution in [2.45, 2.75) is 31.6 Å². The molecule has 3 rings (SSSR count). The Morgan fingerprint density at radius 1 is 1.27 bits per heavy atom. The van der Waals surface area contributed by atoms with Crippen molar-refractivity contribution in [1.29, 1.82) is 0 Å². The van der Waals surface area contributed by atoms with E-state index < -0.39 is 0 Å². The van der Waals surface area contributed by atoms with Crippen molar-refractivity contribution in [3.63, 3.8) is 0 Å². The van der Waals surface area contributed by atoms with E-state index in [9.17, 15) is 4.79 Å². The van der Waals surface area contributed by atoms with E-state index in [1.807, 2.05) is 30.3 Å². The van der Waals surface area contributed by atoms with Gasteiger partial charge in [-0.1, -0.05) is 30.3 Å². The van der Waals surface area contributed by atoms with Gasteiger partial charge in [-0.15, -0.1) is 11.3 Å². The van der Waals surface area contributed by atoms with Gasteiger partial charge in [-0.25, -0.2) is 4.98 Å². The zero-order chi connectivity index (χ0) is 15.2. The van der Waals surface area contributed by atoms with E-state index in [0.29, 0.717) is 12.3 Å². The summed E-state index contributed by atoms with van der Waals surface area (Å²) < 4.78 is 0. The average Bonchev–Trinajstić information content (AvgIpc) is 3.03. The molecule has 0 atom stereocenters. The summed E-state index contributed by atoms with van der Waals surface area (Å²) >= 11 is 1.53. The molecule has 2 aromatic rings. The summed E-state index contributed by atoms with van der Waals surface area (Å²) in [7, 11) is 0. The number of benzene rings is 1. The SMILES string of the molecule is O=C(CCc1ccccc1)Nc1nc(C2CCNCC2)cs1. The minimum atomic E-state index is 0.0371. The van der Waals surface area contributed by atoms with Gasteiger partial charge in [0.15, 0.2) is 5.13 Å². The van der Waals surface area contributed by atoms with E-state index in [0.717, 1.165) is 43.2 Å². The lowest BCUT2D eigenvalue weighted by Gasteiger charge is -2.20. The standard InChI is InChI=1S/C17H21N3OS/c21-16(7-6-13-4-2-1-3-5-13)20-17-19-15(12-22-17)14-8-10-18-11-9-14/h1-5,12,14,18H,6-11H2,(H,19,20,21). The number of amides is 1. The zero-order valence-corrected chi connectivity index (χ0v) is 13.4. The third-order valence-electron chi connectivity index (χ3n) is 4.01. The third-order valence-corrected chi connectivity index (χ3v) is 4.79. The maximum absolute atomic E-state index is 12.0. The molecule has 1 amide bonds. The van der Waals surface area contributed by atoms with Gasteiger partial charge in [-0.3, -0.25) is 4.79 Å². The van der Waals surface area contributed by atoms with E-state index >= 15 is 0 Å². The van der Waals surface area contributed by atoms with Crippen LogP contribution in [0.2, 0.25) is 0 Å². The molecule has 1 aromatic carbocycles. The quantitative estimate of drug-likeness (QED) is 0.891. The molecule has 1 fully saturated rings. The van der Waals surface area contributed by atoms with Crippen LogP contribution in [0.1, 0.15) is 36.4 Å². The highest BCUT2D eigenvalue weighted by atomic mass is 32.1. The Labute approximate surface area is 135 Å². The fourth-order valence-corrected chi connectivity index (χ4v) is 3.54. The van der Waals surface area contributed by atoms with Crippen molar-refractivity contribution in [3.8, 4) is 0 Å². The lowest BCUT2D eigenvalue weighted by atomic mass is 9.96. The molecule has 2 N–H and O–H groups in total. The fourth-order valence-electron chi connectivity index (χ4n) is 2.73. The number of aryl methyl sites for hydroxylation is 1. The Kier molecular flexibility index (Phi) is 5.19. The molecular weight excluding hydrogens is 294 g/mol. The molecule has 0 unspecified atom stereocenters. The predicted octanol–water partition coefficient (Wildman–Crippen LogP) is 3.18. The molecule has 0 saturated carbocycles. The van der Waals surface area contributed by atoms with Gasteiger partial charge < -0.3 is 10.6 Å². The summed E-state index contributed by atoms with van der Waals surface area (Å²) in [5.41, 5.74) is 2.32. The van der Waals surface area contributed by atoms with Crippen LogP contribution in [0.3, 0.4) is 0 Å². The first-order valence-corrected chi connectivity index (χ1v) is 8.69. The number of hydrogen-bond acceptors (Lipinski definition) is 4. The van der Waals surface area contributed by atoms with Gasteiger partial charge >= 0.3 is 0 Å². The van der Waals surface area contributed by atoms with Crippen LogP contribution < -0.4 is 10.6 Å². The van der Waals surface area contributed by atoms with Crippen molar-refractivity contribution in [2.75, 3.05) is 18.4 Å². The van der Waals surface area contributed by atoms with Crippen LogP contribution in [0.25, 0.3) is 0 Å². The first kappa shape index (κ1) is 15.2. The molecule has 116 valence electrons. The fraction of sp³-hybridized carbons (Fsp3) is 0.412. The number of aromatic nitrogens is 1. The number of anilines is 1. The Balaban J connectivity index is 1.50. The zero-order valence-electron chi connectivity index (χ0n) is 12.5. The number of rotatable bonds is 5. The van der Waals surface area contributed by atoms with E-state index in [-0.39, 0.29) is 5.91 Å². The number of nitrogens with one attached hydrogen (secondary N) is 2. The van der Waals surface area contributed by atoms with Crippen LogP contribution in [0.5, 0.6) is 0 Å².